The van der Waals surface area contributed by atoms with Crippen LogP contribution in [0.25, 0.3) is 0 Å². The maximum Gasteiger partial charge on any atom is 0.344 e. The van der Waals surface area contributed by atoms with Crippen LogP contribution in [0.4, 0.5) is 10.5 Å². The topological polar surface area (TPSA) is 126 Å². The van der Waals surface area contributed by atoms with Crippen LogP contribution in [0.15, 0.2) is 22.6 Å². The van der Waals surface area contributed by atoms with Gasteiger partial charge in [0.05, 0.1) is 17.9 Å². The molecule has 2 aliphatic heterocycles. The van der Waals surface area contributed by atoms with Gasteiger partial charge in [0.1, 0.15) is 5.75 Å². The number of benzene rings is 1. The van der Waals surface area contributed by atoms with Crippen molar-refractivity contribution in [2.45, 2.75) is 19.8 Å². The van der Waals surface area contributed by atoms with Gasteiger partial charge < -0.3 is 20.7 Å². The number of carbonyl (C=O) groups is 1. The molecule has 2 aliphatic rings. The zero-order valence-electron chi connectivity index (χ0n) is 14.6. The van der Waals surface area contributed by atoms with E-state index in [1.807, 2.05) is 6.92 Å². The van der Waals surface area contributed by atoms with E-state index >= 15 is 0 Å². The number of ether oxygens (including phenoxy) is 1. The van der Waals surface area contributed by atoms with Crippen LogP contribution in [0.3, 0.4) is 0 Å². The number of hydrogen-bond acceptors (Lipinski definition) is 5. The Morgan fingerprint density at radius 1 is 1.50 bits per heavy atom. The molecule has 3 rings (SSSR count). The molecule has 142 valence electrons. The lowest BCUT2D eigenvalue weighted by Crippen LogP contribution is -2.46. The van der Waals surface area contributed by atoms with Gasteiger partial charge in [-0.2, -0.15) is 8.42 Å². The molecule has 1 aromatic rings. The molecule has 0 spiro atoms. The van der Waals surface area contributed by atoms with Crippen LogP contribution in [0.2, 0.25) is 0 Å². The summed E-state index contributed by atoms with van der Waals surface area (Å²) in [5.41, 5.74) is 6.61. The number of amidine groups is 1. The molecular weight excluding hydrogens is 358 g/mol. The van der Waals surface area contributed by atoms with E-state index in [0.29, 0.717) is 36.7 Å². The van der Waals surface area contributed by atoms with Crippen molar-refractivity contribution in [3.63, 3.8) is 0 Å². The highest BCUT2D eigenvalue weighted by Gasteiger charge is 2.26. The molecule has 2 amide bonds. The minimum Gasteiger partial charge on any atom is -0.492 e. The first-order valence-electron chi connectivity index (χ1n) is 8.56. The van der Waals surface area contributed by atoms with Crippen molar-refractivity contribution in [3.8, 4) is 5.75 Å². The van der Waals surface area contributed by atoms with Crippen LogP contribution in [0.5, 0.6) is 5.75 Å². The minimum atomic E-state index is -3.81. The summed E-state index contributed by atoms with van der Waals surface area (Å²) in [5, 5.41) is 2.81. The molecule has 0 aromatic heterocycles. The molecule has 4 N–H and O–H groups in total. The van der Waals surface area contributed by atoms with Gasteiger partial charge in [-0.3, -0.25) is 4.72 Å². The van der Waals surface area contributed by atoms with Crippen molar-refractivity contribution in [3.05, 3.63) is 23.8 Å². The summed E-state index contributed by atoms with van der Waals surface area (Å²) in [6.45, 7) is 4.26. The Morgan fingerprint density at radius 2 is 2.31 bits per heavy atom. The quantitative estimate of drug-likeness (QED) is 0.714. The van der Waals surface area contributed by atoms with E-state index in [9.17, 15) is 13.2 Å². The Labute approximate surface area is 152 Å². The van der Waals surface area contributed by atoms with Crippen molar-refractivity contribution >= 4 is 27.8 Å². The number of fused-ring (bicyclic) bond motifs is 1. The Morgan fingerprint density at radius 3 is 3.08 bits per heavy atom. The first-order valence-corrected chi connectivity index (χ1v) is 10.0. The fourth-order valence-corrected chi connectivity index (χ4v) is 4.04. The molecule has 26 heavy (non-hydrogen) atoms. The lowest BCUT2D eigenvalue weighted by molar-refractivity contribution is 0.138. The van der Waals surface area contributed by atoms with Crippen LogP contribution in [-0.2, 0) is 10.2 Å². The van der Waals surface area contributed by atoms with Gasteiger partial charge in [-0.05, 0) is 31.9 Å². The predicted octanol–water partition coefficient (Wildman–Crippen LogP) is 0.883. The van der Waals surface area contributed by atoms with E-state index in [0.717, 1.165) is 19.4 Å². The molecule has 2 heterocycles. The number of nitrogens with one attached hydrogen (secondary N) is 2. The highest BCUT2D eigenvalue weighted by Crippen LogP contribution is 2.31. The third-order valence-corrected chi connectivity index (χ3v) is 5.26. The largest absolute Gasteiger partial charge is 0.492 e. The van der Waals surface area contributed by atoms with Gasteiger partial charge in [-0.15, -0.1) is 4.40 Å². The standard InChI is InChI=1S/C16H23N5O4S/c1-2-18-16(22)21-8-4-5-11(9-21)10-25-13-7-3-6-12-14(13)15(17)20-26(23,24)19-12/h3,6-7,11,19H,2,4-5,8-10H2,1H3,(H2,17,20)(H,18,22). The highest BCUT2D eigenvalue weighted by atomic mass is 32.2. The summed E-state index contributed by atoms with van der Waals surface area (Å²) in [7, 11) is -3.81. The second kappa shape index (κ2) is 7.40. The Balaban J connectivity index is 1.69. The molecule has 0 radical (unpaired) electrons. The predicted molar refractivity (Wildman–Crippen MR) is 98.6 cm³/mol. The van der Waals surface area contributed by atoms with E-state index in [-0.39, 0.29) is 17.8 Å². The third kappa shape index (κ3) is 4.01. The first kappa shape index (κ1) is 18.3. The first-order chi connectivity index (χ1) is 12.4. The fourth-order valence-electron chi connectivity index (χ4n) is 3.19. The number of urea groups is 1. The fraction of sp³-hybridized carbons (Fsp3) is 0.500. The van der Waals surface area contributed by atoms with Gasteiger partial charge in [0, 0.05) is 25.6 Å². The van der Waals surface area contributed by atoms with Gasteiger partial charge in [-0.1, -0.05) is 6.07 Å². The Hall–Kier alpha value is -2.49. The number of anilines is 1. The number of hydrogen-bond donors (Lipinski definition) is 3. The molecule has 0 aliphatic carbocycles. The summed E-state index contributed by atoms with van der Waals surface area (Å²) >= 11 is 0. The molecule has 1 saturated heterocycles. The number of nitrogens with zero attached hydrogens (tertiary/aromatic N) is 2. The van der Waals surface area contributed by atoms with E-state index in [1.54, 1.807) is 23.1 Å². The Kier molecular flexibility index (Phi) is 5.21. The normalized spacial score (nSPS) is 21.2. The number of rotatable bonds is 4. The molecule has 9 nitrogen and oxygen atoms in total. The van der Waals surface area contributed by atoms with Crippen molar-refractivity contribution in [2.75, 3.05) is 31.0 Å². The SMILES string of the molecule is CCNC(=O)N1CCCC(COc2cccc3c2C(N)=NS(=O)(=O)N3)C1. The minimum absolute atomic E-state index is 0.0555. The van der Waals surface area contributed by atoms with Gasteiger partial charge in [0.15, 0.2) is 5.84 Å². The average molecular weight is 381 g/mol. The molecule has 1 aromatic carbocycles. The van der Waals surface area contributed by atoms with Gasteiger partial charge >= 0.3 is 16.2 Å². The average Bonchev–Trinajstić information content (AvgIpc) is 2.59. The number of piperidine rings is 1. The highest BCUT2D eigenvalue weighted by molar-refractivity contribution is 7.91. The molecule has 1 unspecified atom stereocenters. The van der Waals surface area contributed by atoms with Gasteiger partial charge in [-0.25, -0.2) is 4.79 Å². The smallest absolute Gasteiger partial charge is 0.344 e. The van der Waals surface area contributed by atoms with E-state index in [2.05, 4.69) is 14.4 Å². The van der Waals surface area contributed by atoms with Gasteiger partial charge in [0.25, 0.3) is 0 Å². The maximum absolute atomic E-state index is 12.0. The monoisotopic (exact) mass is 381 g/mol. The molecule has 0 bridgehead atoms. The van der Waals surface area contributed by atoms with Crippen molar-refractivity contribution in [1.82, 2.24) is 10.2 Å². The molecule has 10 heteroatoms. The molecule has 1 fully saturated rings. The van der Waals surface area contributed by atoms with Crippen molar-refractivity contribution in [1.29, 1.82) is 0 Å². The second-order valence-electron chi connectivity index (χ2n) is 6.33. The zero-order valence-corrected chi connectivity index (χ0v) is 15.4. The number of likely N-dealkylation sites (tertiary alicyclic amines) is 1. The molecule has 1 atom stereocenters. The summed E-state index contributed by atoms with van der Waals surface area (Å²) in [4.78, 5) is 13.8. The summed E-state index contributed by atoms with van der Waals surface area (Å²) in [5.74, 6) is 0.573. The molecular formula is C16H23N5O4S. The number of carbonyl (C=O) groups excluding carboxylic acids is 1. The summed E-state index contributed by atoms with van der Waals surface area (Å²) in [6.07, 6.45) is 1.88. The zero-order chi connectivity index (χ0) is 18.7. The van der Waals surface area contributed by atoms with Crippen molar-refractivity contribution in [2.24, 2.45) is 16.0 Å². The number of nitrogens with two attached hydrogens (primary N) is 1. The van der Waals surface area contributed by atoms with E-state index < -0.39 is 10.2 Å². The van der Waals surface area contributed by atoms with Gasteiger partial charge in [0.2, 0.25) is 0 Å². The second-order valence-corrected chi connectivity index (χ2v) is 7.67. The van der Waals surface area contributed by atoms with Crippen LogP contribution in [0, 0.1) is 5.92 Å². The lowest BCUT2D eigenvalue weighted by atomic mass is 9.99. The van der Waals surface area contributed by atoms with E-state index in [1.165, 1.54) is 0 Å². The van der Waals surface area contributed by atoms with Crippen LogP contribution < -0.4 is 20.5 Å². The van der Waals surface area contributed by atoms with Crippen LogP contribution in [-0.4, -0.2) is 51.4 Å². The third-order valence-electron chi connectivity index (χ3n) is 4.35. The molecule has 0 saturated carbocycles. The number of amides is 2. The summed E-state index contributed by atoms with van der Waals surface area (Å²) in [6, 6.07) is 4.97. The van der Waals surface area contributed by atoms with Crippen LogP contribution in [0.1, 0.15) is 25.3 Å². The maximum atomic E-state index is 12.0. The Bertz CT molecular complexity index is 824. The lowest BCUT2D eigenvalue weighted by Gasteiger charge is -2.32. The van der Waals surface area contributed by atoms with Crippen LogP contribution >= 0.6 is 0 Å². The van der Waals surface area contributed by atoms with Crippen molar-refractivity contribution < 1.29 is 17.9 Å². The van der Waals surface area contributed by atoms with E-state index in [4.69, 9.17) is 10.5 Å². The summed E-state index contributed by atoms with van der Waals surface area (Å²) < 4.78 is 35.0.